The van der Waals surface area contributed by atoms with Crippen molar-refractivity contribution in [1.29, 1.82) is 0 Å². The number of aromatic nitrogens is 1. The van der Waals surface area contributed by atoms with Crippen LogP contribution < -0.4 is 26.8 Å². The number of anilines is 3. The summed E-state index contributed by atoms with van der Waals surface area (Å²) in [5.41, 5.74) is -1.19. The van der Waals surface area contributed by atoms with Gasteiger partial charge in [-0.15, -0.1) is 0 Å². The van der Waals surface area contributed by atoms with E-state index >= 15 is 0 Å². The molecule has 1 heterocycles. The van der Waals surface area contributed by atoms with Crippen LogP contribution in [-0.2, 0) is 0 Å². The molecule has 0 aliphatic carbocycles. The van der Waals surface area contributed by atoms with Gasteiger partial charge in [0.2, 0.25) is 5.95 Å². The number of carbonyl (C=O) groups excluding carboxylic acids is 1. The Labute approximate surface area is 190 Å². The number of rotatable bonds is 6. The monoisotopic (exact) mass is 508 g/mol. The normalized spacial score (nSPS) is 12.5. The van der Waals surface area contributed by atoms with Gasteiger partial charge in [-0.1, -0.05) is 32.4 Å². The van der Waals surface area contributed by atoms with Gasteiger partial charge in [0.05, 0.1) is 16.4 Å². The Morgan fingerprint density at radius 1 is 1.13 bits per heavy atom. The van der Waals surface area contributed by atoms with Crippen LogP contribution in [0.4, 0.5) is 21.5 Å². The van der Waals surface area contributed by atoms with Crippen LogP contribution in [0.1, 0.15) is 31.1 Å². The predicted molar refractivity (Wildman–Crippen MR) is 122 cm³/mol. The summed E-state index contributed by atoms with van der Waals surface area (Å²) < 4.78 is 13.5. The largest absolute Gasteiger partial charge is 0.360 e. The smallest absolute Gasteiger partial charge is 0.253 e. The van der Waals surface area contributed by atoms with E-state index in [0.29, 0.717) is 16.3 Å². The van der Waals surface area contributed by atoms with E-state index in [2.05, 4.69) is 36.9 Å². The Kier molecular flexibility index (Phi) is 6.47. The maximum Gasteiger partial charge on any atom is 0.253 e. The van der Waals surface area contributed by atoms with Gasteiger partial charge in [-0.3, -0.25) is 14.4 Å². The minimum absolute atomic E-state index is 0.0142. The Hall–Kier alpha value is -2.78. The zero-order valence-electron chi connectivity index (χ0n) is 16.8. The van der Waals surface area contributed by atoms with Crippen molar-refractivity contribution in [3.8, 4) is 0 Å². The molecule has 0 aliphatic rings. The standard InChI is InChI=1S/C21H19BrClFN4O3/c1-21(2,3)20(28-19(31)10-4-6-11(23)7-5-10)27-15-14(16(29)17(15)30)26-12-8-13(22)18(24)25-9-12/h4-9,20,26-27H,1-3H3,(H,28,31). The van der Waals surface area contributed by atoms with Crippen LogP contribution in [0.25, 0.3) is 0 Å². The number of carbonyl (C=O) groups is 1. The Morgan fingerprint density at radius 2 is 1.74 bits per heavy atom. The number of amides is 1. The zero-order valence-corrected chi connectivity index (χ0v) is 19.2. The fourth-order valence-corrected chi connectivity index (χ4v) is 3.19. The van der Waals surface area contributed by atoms with Crippen LogP contribution in [-0.4, -0.2) is 17.1 Å². The average molecular weight is 510 g/mol. The maximum absolute atomic E-state index is 13.4. The molecule has 31 heavy (non-hydrogen) atoms. The molecule has 1 amide bonds. The topological polar surface area (TPSA) is 100 Å². The Bertz CT molecular complexity index is 1200. The highest BCUT2D eigenvalue weighted by atomic mass is 79.9. The molecule has 162 valence electrons. The molecule has 7 nitrogen and oxygen atoms in total. The van der Waals surface area contributed by atoms with E-state index in [-0.39, 0.29) is 21.8 Å². The molecule has 0 spiro atoms. The first-order valence-corrected chi connectivity index (χ1v) is 10.4. The van der Waals surface area contributed by atoms with Gasteiger partial charge in [-0.05, 0) is 46.3 Å². The molecule has 10 heteroatoms. The third-order valence-corrected chi connectivity index (χ3v) is 5.32. The van der Waals surface area contributed by atoms with Gasteiger partial charge >= 0.3 is 0 Å². The van der Waals surface area contributed by atoms with Gasteiger partial charge in [0.1, 0.15) is 17.5 Å². The summed E-state index contributed by atoms with van der Waals surface area (Å²) in [5, 5.41) is 9.09. The summed E-state index contributed by atoms with van der Waals surface area (Å²) in [4.78, 5) is 40.6. The van der Waals surface area contributed by atoms with Crippen LogP contribution in [0.3, 0.4) is 0 Å². The van der Waals surface area contributed by atoms with Crippen molar-refractivity contribution in [2.24, 2.45) is 5.41 Å². The van der Waals surface area contributed by atoms with Crippen LogP contribution in [0.15, 0.2) is 50.6 Å². The summed E-state index contributed by atoms with van der Waals surface area (Å²) in [6, 6.07) is 7.77. The summed E-state index contributed by atoms with van der Waals surface area (Å²) >= 11 is 8.89. The summed E-state index contributed by atoms with van der Waals surface area (Å²) in [5.74, 6) is -1.07. The van der Waals surface area contributed by atoms with Crippen molar-refractivity contribution in [3.63, 3.8) is 0 Å². The van der Waals surface area contributed by atoms with E-state index in [1.54, 1.807) is 24.3 Å². The number of pyridine rings is 1. The molecule has 3 rings (SSSR count). The van der Waals surface area contributed by atoms with Crippen LogP contribution >= 0.6 is 27.5 Å². The lowest BCUT2D eigenvalue weighted by molar-refractivity contribution is 0.0913. The summed E-state index contributed by atoms with van der Waals surface area (Å²) in [6.07, 6.45) is 0.516. The molecule has 3 N–H and O–H groups in total. The Balaban J connectivity index is 1.84. The van der Waals surface area contributed by atoms with E-state index in [1.165, 1.54) is 12.3 Å². The highest BCUT2D eigenvalue weighted by molar-refractivity contribution is 9.10. The van der Waals surface area contributed by atoms with E-state index in [4.69, 9.17) is 11.6 Å². The molecular formula is C21H19BrClFN4O3. The van der Waals surface area contributed by atoms with Crippen molar-refractivity contribution in [2.45, 2.75) is 26.9 Å². The molecule has 1 aromatic heterocycles. The van der Waals surface area contributed by atoms with Crippen LogP contribution in [0.2, 0.25) is 5.02 Å². The molecule has 2 aromatic carbocycles. The van der Waals surface area contributed by atoms with Gasteiger partial charge in [-0.2, -0.15) is 4.39 Å². The number of benzene rings is 1. The van der Waals surface area contributed by atoms with Gasteiger partial charge in [-0.25, -0.2) is 4.98 Å². The van der Waals surface area contributed by atoms with Gasteiger partial charge < -0.3 is 16.0 Å². The Morgan fingerprint density at radius 3 is 2.32 bits per heavy atom. The van der Waals surface area contributed by atoms with Crippen molar-refractivity contribution in [1.82, 2.24) is 10.3 Å². The molecule has 0 bridgehead atoms. The second kappa shape index (κ2) is 8.76. The molecule has 3 aromatic rings. The van der Waals surface area contributed by atoms with E-state index in [9.17, 15) is 18.8 Å². The minimum atomic E-state index is -0.723. The molecule has 0 saturated heterocycles. The number of hydrogen-bond acceptors (Lipinski definition) is 6. The number of hydrogen-bond donors (Lipinski definition) is 3. The molecule has 1 unspecified atom stereocenters. The van der Waals surface area contributed by atoms with Gasteiger partial charge in [0.25, 0.3) is 16.8 Å². The first kappa shape index (κ1) is 22.9. The predicted octanol–water partition coefficient (Wildman–Crippen LogP) is 4.19. The maximum atomic E-state index is 13.4. The number of nitrogens with one attached hydrogen (secondary N) is 3. The molecule has 0 saturated carbocycles. The van der Waals surface area contributed by atoms with E-state index < -0.39 is 28.4 Å². The lowest BCUT2D eigenvalue weighted by atomic mass is 9.91. The van der Waals surface area contributed by atoms with Crippen LogP contribution in [0.5, 0.6) is 0 Å². The molecule has 0 fully saturated rings. The van der Waals surface area contributed by atoms with Crippen molar-refractivity contribution < 1.29 is 9.18 Å². The lowest BCUT2D eigenvalue weighted by Gasteiger charge is -2.33. The SMILES string of the molecule is CC(C)(C)C(NC(=O)c1ccc(Cl)cc1)Nc1c(Nc2cnc(F)c(Br)c2)c(=O)c1=O. The fraction of sp³-hybridized carbons (Fsp3) is 0.238. The van der Waals surface area contributed by atoms with Crippen molar-refractivity contribution >= 4 is 50.5 Å². The fourth-order valence-electron chi connectivity index (χ4n) is 2.71. The van der Waals surface area contributed by atoms with E-state index in [1.807, 2.05) is 20.8 Å². The minimum Gasteiger partial charge on any atom is -0.360 e. The quantitative estimate of drug-likeness (QED) is 0.262. The summed E-state index contributed by atoms with van der Waals surface area (Å²) in [6.45, 7) is 5.60. The molecule has 0 radical (unpaired) electrons. The second-order valence-electron chi connectivity index (χ2n) is 7.95. The van der Waals surface area contributed by atoms with Crippen LogP contribution in [0, 0.1) is 11.4 Å². The van der Waals surface area contributed by atoms with Crippen molar-refractivity contribution in [3.05, 3.63) is 78.0 Å². The molecule has 0 aliphatic heterocycles. The van der Waals surface area contributed by atoms with E-state index in [0.717, 1.165) is 0 Å². The molecule has 1 atom stereocenters. The third-order valence-electron chi connectivity index (χ3n) is 4.51. The molecular weight excluding hydrogens is 491 g/mol. The highest BCUT2D eigenvalue weighted by Gasteiger charge is 2.31. The first-order valence-electron chi connectivity index (χ1n) is 9.21. The first-order chi connectivity index (χ1) is 14.5. The van der Waals surface area contributed by atoms with Gasteiger partial charge in [0.15, 0.2) is 0 Å². The zero-order chi connectivity index (χ0) is 22.9. The average Bonchev–Trinajstić information content (AvgIpc) is 2.71. The lowest BCUT2D eigenvalue weighted by Crippen LogP contribution is -2.51. The van der Waals surface area contributed by atoms with Crippen molar-refractivity contribution in [2.75, 3.05) is 10.6 Å². The van der Waals surface area contributed by atoms with Gasteiger partial charge in [0, 0.05) is 16.0 Å². The highest BCUT2D eigenvalue weighted by Crippen LogP contribution is 2.27. The number of halogens is 3. The summed E-state index contributed by atoms with van der Waals surface area (Å²) in [7, 11) is 0. The second-order valence-corrected chi connectivity index (χ2v) is 9.24. The number of nitrogens with zero attached hydrogens (tertiary/aromatic N) is 1. The third kappa shape index (κ3) is 5.11.